The van der Waals surface area contributed by atoms with E-state index in [1.807, 2.05) is 38.1 Å². The lowest BCUT2D eigenvalue weighted by Gasteiger charge is -2.27. The number of benzene rings is 1. The van der Waals surface area contributed by atoms with Gasteiger partial charge in [0.05, 0.1) is 18.7 Å². The third-order valence-corrected chi connectivity index (χ3v) is 10.8. The third kappa shape index (κ3) is 15.1. The van der Waals surface area contributed by atoms with Crippen molar-refractivity contribution in [2.24, 2.45) is 17.8 Å². The number of rotatable bonds is 24. The molecule has 66 heavy (non-hydrogen) atoms. The number of hydrogen-bond acceptors (Lipinski definition) is 11. The fraction of sp³-hybridized carbons (Fsp3) is 0.511. The predicted octanol–water partition coefficient (Wildman–Crippen LogP) is 0.180. The fourth-order valence-electron chi connectivity index (χ4n) is 6.97. The molecule has 1 aromatic carbocycles. The highest BCUT2D eigenvalue weighted by atomic mass is 16.2. The minimum Gasteiger partial charge on any atom is -0.361 e. The summed E-state index contributed by atoms with van der Waals surface area (Å²) < 4.78 is 0. The van der Waals surface area contributed by atoms with Crippen LogP contribution in [0.3, 0.4) is 0 Å². The van der Waals surface area contributed by atoms with Gasteiger partial charge in [-0.3, -0.25) is 43.7 Å². The van der Waals surface area contributed by atoms with Crippen molar-refractivity contribution < 1.29 is 38.4 Å². The van der Waals surface area contributed by atoms with Gasteiger partial charge in [0.15, 0.2) is 0 Å². The number of aromatic nitrogens is 5. The average molecular weight is 916 g/mol. The number of para-hydroxylation sites is 1. The van der Waals surface area contributed by atoms with Gasteiger partial charge < -0.3 is 52.2 Å². The highest BCUT2D eigenvalue weighted by Crippen LogP contribution is 2.20. The van der Waals surface area contributed by atoms with Gasteiger partial charge in [-0.15, -0.1) is 0 Å². The number of nitrogens with zero attached hydrogens (tertiary/aromatic N) is 2. The number of hydrogen-bond donors (Lipinski definition) is 11. The number of nitrogens with one attached hydrogen (secondary N) is 11. The van der Waals surface area contributed by atoms with Crippen molar-refractivity contribution in [1.29, 1.82) is 0 Å². The second kappa shape index (κ2) is 24.4. The molecule has 0 fully saturated rings. The Morgan fingerprint density at radius 3 is 1.59 bits per heavy atom. The third-order valence-electron chi connectivity index (χ3n) is 10.8. The van der Waals surface area contributed by atoms with Crippen LogP contribution in [0, 0.1) is 17.8 Å². The topological polar surface area (TPSA) is 306 Å². The maximum Gasteiger partial charge on any atom is 0.249 e. The van der Waals surface area contributed by atoms with E-state index in [0.717, 1.165) is 10.9 Å². The molecule has 0 radical (unpaired) electrons. The molecule has 4 rings (SSSR count). The van der Waals surface area contributed by atoms with Crippen LogP contribution in [0.15, 0.2) is 55.5 Å². The maximum absolute atomic E-state index is 14.1. The van der Waals surface area contributed by atoms with E-state index in [1.165, 1.54) is 38.9 Å². The second-order valence-corrected chi connectivity index (χ2v) is 17.5. The number of H-pyrrole nitrogens is 3. The fourth-order valence-corrected chi connectivity index (χ4v) is 6.97. The van der Waals surface area contributed by atoms with E-state index >= 15 is 0 Å². The minimum absolute atomic E-state index is 0.0110. The molecule has 7 unspecified atom stereocenters. The molecular weight excluding hydrogens is 851 g/mol. The summed E-state index contributed by atoms with van der Waals surface area (Å²) in [5.74, 6) is -6.00. The lowest BCUT2D eigenvalue weighted by Crippen LogP contribution is -2.60. The van der Waals surface area contributed by atoms with Gasteiger partial charge in [0, 0.05) is 66.1 Å². The van der Waals surface area contributed by atoms with Gasteiger partial charge in [0.25, 0.3) is 0 Å². The number of carbonyl (C=O) groups excluding carboxylic acids is 8. The van der Waals surface area contributed by atoms with E-state index < -0.39 is 95.5 Å². The standard InChI is InChI=1S/C45H65N13O8/c1-23(2)14-33(46-9)41(62)58-44(65)36(17-30-20-48-22-51-30)55-39(60)26(7)53-45(66)37(24(3)4)57-40(61)27(8)52-42(63)34(15-28-18-49-32-13-11-10-12-31(28)32)56-43(64)35(54-38(59)25(5)6)16-29-19-47-21-50-29/h10-13,18-27,33-37,46,49H,14-17H2,1-9H3,(H,47,50)(H,48,51)(H,52,63)(H,53,66)(H,54,59)(H,55,60)(H,56,64)(H,57,61)(H,58,62,65). The van der Waals surface area contributed by atoms with Crippen molar-refractivity contribution in [3.05, 3.63) is 72.5 Å². The van der Waals surface area contributed by atoms with Crippen LogP contribution in [0.1, 0.15) is 78.8 Å². The first-order valence-electron chi connectivity index (χ1n) is 22.1. The summed E-state index contributed by atoms with van der Waals surface area (Å²) in [5, 5.41) is 22.2. The summed E-state index contributed by atoms with van der Waals surface area (Å²) >= 11 is 0. The summed E-state index contributed by atoms with van der Waals surface area (Å²) in [6.07, 6.45) is 8.08. The van der Waals surface area contributed by atoms with Gasteiger partial charge >= 0.3 is 0 Å². The van der Waals surface area contributed by atoms with Crippen LogP contribution >= 0.6 is 0 Å². The van der Waals surface area contributed by atoms with Gasteiger partial charge in [-0.2, -0.15) is 0 Å². The lowest BCUT2D eigenvalue weighted by molar-refractivity contribution is -0.136. The first kappa shape index (κ1) is 51.7. The summed E-state index contributed by atoms with van der Waals surface area (Å²) in [6, 6.07) is -0.354. The Morgan fingerprint density at radius 2 is 1.05 bits per heavy atom. The van der Waals surface area contributed by atoms with E-state index in [0.29, 0.717) is 23.4 Å². The molecular formula is C45H65N13O8. The van der Waals surface area contributed by atoms with E-state index in [-0.39, 0.29) is 31.1 Å². The van der Waals surface area contributed by atoms with Crippen molar-refractivity contribution in [1.82, 2.24) is 67.5 Å². The molecule has 3 aromatic heterocycles. The van der Waals surface area contributed by atoms with Crippen LogP contribution in [0.2, 0.25) is 0 Å². The molecule has 0 bridgehead atoms. The van der Waals surface area contributed by atoms with E-state index in [1.54, 1.807) is 40.9 Å². The first-order valence-corrected chi connectivity index (χ1v) is 22.1. The zero-order valence-electron chi connectivity index (χ0n) is 39.0. The molecule has 0 spiro atoms. The molecule has 0 saturated heterocycles. The van der Waals surface area contributed by atoms with Crippen LogP contribution in [-0.4, -0.2) is 122 Å². The number of likely N-dealkylation sites (N-methyl/N-ethyl adjacent to an activating group) is 1. The minimum atomic E-state index is -1.23. The second-order valence-electron chi connectivity index (χ2n) is 17.5. The van der Waals surface area contributed by atoms with E-state index in [4.69, 9.17) is 0 Å². The zero-order chi connectivity index (χ0) is 48.7. The Balaban J connectivity index is 1.45. The molecule has 4 aromatic rings. The van der Waals surface area contributed by atoms with Gasteiger partial charge in [-0.1, -0.05) is 59.7 Å². The number of aromatic amines is 3. The summed E-state index contributed by atoms with van der Waals surface area (Å²) in [6.45, 7) is 13.5. The van der Waals surface area contributed by atoms with E-state index in [9.17, 15) is 38.4 Å². The molecule has 0 aliphatic rings. The molecule has 8 amide bonds. The van der Waals surface area contributed by atoms with Crippen LogP contribution in [0.25, 0.3) is 10.9 Å². The van der Waals surface area contributed by atoms with Crippen molar-refractivity contribution in [2.75, 3.05) is 7.05 Å². The van der Waals surface area contributed by atoms with Crippen LogP contribution in [0.4, 0.5) is 0 Å². The molecule has 7 atom stereocenters. The van der Waals surface area contributed by atoms with Crippen molar-refractivity contribution in [3.8, 4) is 0 Å². The van der Waals surface area contributed by atoms with Crippen LogP contribution in [-0.2, 0) is 57.6 Å². The molecule has 0 aliphatic carbocycles. The molecule has 0 aliphatic heterocycles. The number of imide groups is 1. The highest BCUT2D eigenvalue weighted by molar-refractivity contribution is 6.02. The summed E-state index contributed by atoms with van der Waals surface area (Å²) in [5.41, 5.74) is 2.60. The molecule has 0 saturated carbocycles. The number of carbonyl (C=O) groups is 8. The van der Waals surface area contributed by atoms with Crippen molar-refractivity contribution in [3.63, 3.8) is 0 Å². The van der Waals surface area contributed by atoms with Gasteiger partial charge in [-0.25, -0.2) is 9.97 Å². The molecule has 21 heteroatoms. The lowest BCUT2D eigenvalue weighted by atomic mass is 10.0. The maximum atomic E-state index is 14.1. The normalized spacial score (nSPS) is 14.6. The largest absolute Gasteiger partial charge is 0.361 e. The van der Waals surface area contributed by atoms with Crippen LogP contribution in [0.5, 0.6) is 0 Å². The number of amides is 8. The van der Waals surface area contributed by atoms with Crippen molar-refractivity contribution >= 4 is 58.2 Å². The Bertz CT molecular complexity index is 2270. The van der Waals surface area contributed by atoms with Gasteiger partial charge in [0.2, 0.25) is 47.3 Å². The monoisotopic (exact) mass is 916 g/mol. The Morgan fingerprint density at radius 1 is 0.545 bits per heavy atom. The Hall–Kier alpha value is -6.90. The number of fused-ring (bicyclic) bond motifs is 1. The SMILES string of the molecule is CNC(CC(C)C)C(=O)NC(=O)C(Cc1cnc[nH]1)NC(=O)C(C)NC(=O)C(NC(=O)C(C)NC(=O)C(Cc1c[nH]c2ccccc12)NC(=O)C(Cc1cnc[nH]1)NC(=O)C(C)C)C(C)C. The average Bonchev–Trinajstić information content (AvgIpc) is 4.07. The zero-order valence-corrected chi connectivity index (χ0v) is 39.0. The predicted molar refractivity (Wildman–Crippen MR) is 245 cm³/mol. The molecule has 11 N–H and O–H groups in total. The summed E-state index contributed by atoms with van der Waals surface area (Å²) in [4.78, 5) is 125. The van der Waals surface area contributed by atoms with Crippen molar-refractivity contribution in [2.45, 2.75) is 123 Å². The number of imidazole rings is 2. The molecule has 21 nitrogen and oxygen atoms in total. The highest BCUT2D eigenvalue weighted by Gasteiger charge is 2.34. The van der Waals surface area contributed by atoms with Crippen LogP contribution < -0.4 is 42.5 Å². The van der Waals surface area contributed by atoms with Gasteiger partial charge in [-0.05, 0) is 50.8 Å². The van der Waals surface area contributed by atoms with E-state index in [2.05, 4.69) is 67.5 Å². The quantitative estimate of drug-likeness (QED) is 0.0451. The first-order chi connectivity index (χ1) is 31.3. The smallest absolute Gasteiger partial charge is 0.249 e. The Labute approximate surface area is 383 Å². The van der Waals surface area contributed by atoms with Gasteiger partial charge in [0.1, 0.15) is 36.3 Å². The summed E-state index contributed by atoms with van der Waals surface area (Å²) in [7, 11) is 1.61. The molecule has 3 heterocycles. The molecule has 358 valence electrons. The Kier molecular flexibility index (Phi) is 19.1.